The summed E-state index contributed by atoms with van der Waals surface area (Å²) in [7, 11) is 0. The third-order valence-electron chi connectivity index (χ3n) is 5.01. The van der Waals surface area contributed by atoms with Crippen molar-refractivity contribution >= 4 is 28.7 Å². The number of hydrogen-bond donors (Lipinski definition) is 1. The fourth-order valence-electron chi connectivity index (χ4n) is 3.64. The predicted molar refractivity (Wildman–Crippen MR) is 110 cm³/mol. The molecule has 0 saturated heterocycles. The number of alkyl halides is 3. The Bertz CT molecular complexity index is 1030. The molecule has 0 fully saturated rings. The van der Waals surface area contributed by atoms with E-state index >= 15 is 0 Å². The molecule has 1 N–H and O–H groups in total. The Morgan fingerprint density at radius 1 is 1.10 bits per heavy atom. The van der Waals surface area contributed by atoms with E-state index < -0.39 is 6.36 Å². The minimum Gasteiger partial charge on any atom is -0.406 e. The Morgan fingerprint density at radius 2 is 1.80 bits per heavy atom. The maximum absolute atomic E-state index is 12.9. The van der Waals surface area contributed by atoms with Crippen LogP contribution in [-0.2, 0) is 11.2 Å². The van der Waals surface area contributed by atoms with E-state index in [0.717, 1.165) is 21.6 Å². The van der Waals surface area contributed by atoms with Crippen LogP contribution in [0.15, 0.2) is 60.0 Å². The minimum atomic E-state index is -4.72. The highest BCUT2D eigenvalue weighted by Crippen LogP contribution is 2.39. The van der Waals surface area contributed by atoms with Crippen LogP contribution in [0.5, 0.6) is 5.75 Å². The number of halogens is 4. The molecule has 0 radical (unpaired) electrons. The monoisotopic (exact) mass is 451 g/mol. The topological polar surface area (TPSA) is 38.3 Å². The van der Waals surface area contributed by atoms with Crippen molar-refractivity contribution in [2.75, 3.05) is 6.54 Å². The zero-order chi connectivity index (χ0) is 21.3. The van der Waals surface area contributed by atoms with Crippen LogP contribution in [0.1, 0.15) is 33.5 Å². The summed E-state index contributed by atoms with van der Waals surface area (Å²) < 4.78 is 41.1. The van der Waals surface area contributed by atoms with Crippen molar-refractivity contribution in [2.24, 2.45) is 0 Å². The molecular weight excluding hydrogens is 435 g/mol. The van der Waals surface area contributed by atoms with E-state index in [1.54, 1.807) is 24.3 Å². The molecule has 1 aliphatic rings. The predicted octanol–water partition coefficient (Wildman–Crippen LogP) is 5.89. The molecule has 2 heterocycles. The van der Waals surface area contributed by atoms with Gasteiger partial charge in [-0.05, 0) is 52.4 Å². The van der Waals surface area contributed by atoms with Gasteiger partial charge in [0.1, 0.15) is 11.5 Å². The summed E-state index contributed by atoms with van der Waals surface area (Å²) in [6.07, 6.45) is -4.40. The normalized spacial score (nSPS) is 18.7. The van der Waals surface area contributed by atoms with Gasteiger partial charge in [0.15, 0.2) is 0 Å². The highest BCUT2D eigenvalue weighted by molar-refractivity contribution is 7.10. The molecule has 0 bridgehead atoms. The number of ether oxygens (including phenoxy) is 1. The smallest absolute Gasteiger partial charge is 0.406 e. The SMILES string of the molecule is O=C(Cc1ccc(Cl)cc1)C1CNC(c2ccc(OC(F)(F)F)cc2)c2ccsc21. The second-order valence-corrected chi connectivity index (χ2v) is 8.40. The molecule has 0 spiro atoms. The van der Waals surface area contributed by atoms with Gasteiger partial charge in [-0.3, -0.25) is 4.79 Å². The molecule has 2 aromatic carbocycles. The van der Waals surface area contributed by atoms with E-state index in [1.807, 2.05) is 23.6 Å². The first-order chi connectivity index (χ1) is 14.3. The molecule has 1 aromatic heterocycles. The Balaban J connectivity index is 1.51. The highest BCUT2D eigenvalue weighted by Gasteiger charge is 2.34. The van der Waals surface area contributed by atoms with Crippen molar-refractivity contribution in [3.8, 4) is 5.75 Å². The van der Waals surface area contributed by atoms with Gasteiger partial charge in [0.25, 0.3) is 0 Å². The van der Waals surface area contributed by atoms with Gasteiger partial charge in [0.05, 0.1) is 12.0 Å². The number of rotatable bonds is 5. The number of fused-ring (bicyclic) bond motifs is 1. The fourth-order valence-corrected chi connectivity index (χ4v) is 4.83. The molecule has 3 aromatic rings. The molecule has 3 nitrogen and oxygen atoms in total. The molecule has 30 heavy (non-hydrogen) atoms. The number of hydrogen-bond acceptors (Lipinski definition) is 4. The Kier molecular flexibility index (Phi) is 5.86. The number of Topliss-reactive ketones (excluding diaryl/α,β-unsaturated/α-hetero) is 1. The number of carbonyl (C=O) groups is 1. The Morgan fingerprint density at radius 3 is 2.47 bits per heavy atom. The number of carbonyl (C=O) groups excluding carboxylic acids is 1. The lowest BCUT2D eigenvalue weighted by Gasteiger charge is -2.30. The lowest BCUT2D eigenvalue weighted by Crippen LogP contribution is -2.36. The molecule has 2 atom stereocenters. The first kappa shape index (κ1) is 20.9. The van der Waals surface area contributed by atoms with E-state index in [0.29, 0.717) is 18.0 Å². The molecule has 156 valence electrons. The van der Waals surface area contributed by atoms with Crippen LogP contribution in [0.2, 0.25) is 5.02 Å². The van der Waals surface area contributed by atoms with Crippen LogP contribution in [0.25, 0.3) is 0 Å². The summed E-state index contributed by atoms with van der Waals surface area (Å²) in [5.74, 6) is -0.413. The van der Waals surface area contributed by atoms with E-state index in [9.17, 15) is 18.0 Å². The van der Waals surface area contributed by atoms with Gasteiger partial charge in [-0.2, -0.15) is 0 Å². The van der Waals surface area contributed by atoms with Crippen molar-refractivity contribution in [3.63, 3.8) is 0 Å². The highest BCUT2D eigenvalue weighted by atomic mass is 35.5. The summed E-state index contributed by atoms with van der Waals surface area (Å²) in [6, 6.07) is 14.8. The average Bonchev–Trinajstić information content (AvgIpc) is 3.18. The Hall–Kier alpha value is -2.35. The summed E-state index contributed by atoms with van der Waals surface area (Å²) in [4.78, 5) is 13.9. The molecule has 2 unspecified atom stereocenters. The third-order valence-corrected chi connectivity index (χ3v) is 6.31. The van der Waals surface area contributed by atoms with Gasteiger partial charge >= 0.3 is 6.36 Å². The van der Waals surface area contributed by atoms with Gasteiger partial charge in [0.2, 0.25) is 0 Å². The van der Waals surface area contributed by atoms with E-state index in [4.69, 9.17) is 11.6 Å². The van der Waals surface area contributed by atoms with Gasteiger partial charge in [-0.25, -0.2) is 0 Å². The van der Waals surface area contributed by atoms with Gasteiger partial charge in [-0.15, -0.1) is 24.5 Å². The van der Waals surface area contributed by atoms with Gasteiger partial charge in [0, 0.05) is 22.9 Å². The van der Waals surface area contributed by atoms with Crippen molar-refractivity contribution in [1.82, 2.24) is 5.32 Å². The molecule has 8 heteroatoms. The largest absolute Gasteiger partial charge is 0.573 e. The molecule has 0 amide bonds. The molecule has 0 saturated carbocycles. The maximum Gasteiger partial charge on any atom is 0.573 e. The van der Waals surface area contributed by atoms with Gasteiger partial charge < -0.3 is 10.1 Å². The third kappa shape index (κ3) is 4.69. The van der Waals surface area contributed by atoms with E-state index in [2.05, 4.69) is 10.1 Å². The molecular formula is C22H17ClF3NO2S. The quantitative estimate of drug-likeness (QED) is 0.525. The molecule has 1 aliphatic heterocycles. The van der Waals surface area contributed by atoms with E-state index in [-0.39, 0.29) is 23.5 Å². The first-order valence-electron chi connectivity index (χ1n) is 9.24. The summed E-state index contributed by atoms with van der Waals surface area (Å²) in [5.41, 5.74) is 2.70. The zero-order valence-electron chi connectivity index (χ0n) is 15.6. The summed E-state index contributed by atoms with van der Waals surface area (Å²) >= 11 is 7.44. The van der Waals surface area contributed by atoms with Gasteiger partial charge in [-0.1, -0.05) is 35.9 Å². The second kappa shape index (κ2) is 8.41. The average molecular weight is 452 g/mol. The van der Waals surface area contributed by atoms with Crippen LogP contribution in [0.3, 0.4) is 0 Å². The van der Waals surface area contributed by atoms with Crippen molar-refractivity contribution in [3.05, 3.63) is 86.6 Å². The second-order valence-electron chi connectivity index (χ2n) is 7.02. The minimum absolute atomic E-state index is 0.112. The summed E-state index contributed by atoms with van der Waals surface area (Å²) in [5, 5.41) is 5.94. The van der Waals surface area contributed by atoms with Crippen LogP contribution in [0.4, 0.5) is 13.2 Å². The molecule has 0 aliphatic carbocycles. The van der Waals surface area contributed by atoms with E-state index in [1.165, 1.54) is 23.5 Å². The number of thiophene rings is 1. The Labute approximate surface area is 180 Å². The standard InChI is InChI=1S/C22H17ClF3NO2S/c23-15-5-1-13(2-6-15)11-19(28)18-12-27-20(17-9-10-30-21(17)18)14-3-7-16(8-4-14)29-22(24,25)26/h1-10,18,20,27H,11-12H2. The van der Waals surface area contributed by atoms with Crippen molar-refractivity contribution < 1.29 is 22.7 Å². The number of ketones is 1. The van der Waals surface area contributed by atoms with Crippen molar-refractivity contribution in [2.45, 2.75) is 24.7 Å². The summed E-state index contributed by atoms with van der Waals surface area (Å²) in [6.45, 7) is 0.464. The van der Waals surface area contributed by atoms with Crippen LogP contribution in [0, 0.1) is 0 Å². The zero-order valence-corrected chi connectivity index (χ0v) is 17.2. The van der Waals surface area contributed by atoms with Crippen LogP contribution in [-0.4, -0.2) is 18.7 Å². The van der Waals surface area contributed by atoms with Crippen LogP contribution < -0.4 is 10.1 Å². The lowest BCUT2D eigenvalue weighted by molar-refractivity contribution is -0.274. The van der Waals surface area contributed by atoms with Crippen LogP contribution >= 0.6 is 22.9 Å². The molecule has 4 rings (SSSR count). The number of nitrogens with one attached hydrogen (secondary N) is 1. The fraction of sp³-hybridized carbons (Fsp3) is 0.227. The van der Waals surface area contributed by atoms with Crippen molar-refractivity contribution in [1.29, 1.82) is 0 Å². The lowest BCUT2D eigenvalue weighted by atomic mass is 9.86. The first-order valence-corrected chi connectivity index (χ1v) is 10.5. The maximum atomic E-state index is 12.9. The number of benzene rings is 2.